The molecule has 4 aromatic carbocycles. The molecular weight excluding hydrogens is 425 g/mol. The lowest BCUT2D eigenvalue weighted by atomic mass is 9.87. The van der Waals surface area contributed by atoms with Crippen LogP contribution in [0.25, 0.3) is 0 Å². The molecule has 0 saturated heterocycles. The van der Waals surface area contributed by atoms with Crippen molar-refractivity contribution < 1.29 is 14.2 Å². The molecule has 1 unspecified atom stereocenters. The van der Waals surface area contributed by atoms with Crippen LogP contribution in [0.3, 0.4) is 0 Å². The monoisotopic (exact) mass is 453 g/mol. The zero-order valence-corrected chi connectivity index (χ0v) is 19.2. The van der Waals surface area contributed by atoms with Gasteiger partial charge in [-0.25, -0.2) is 4.39 Å². The number of benzene rings is 4. The van der Waals surface area contributed by atoms with Crippen LogP contribution in [0.4, 0.5) is 10.1 Å². The third kappa shape index (κ3) is 4.76. The number of nitrogens with zero attached hydrogens (tertiary/aromatic N) is 1. The van der Waals surface area contributed by atoms with Gasteiger partial charge in [0.2, 0.25) is 0 Å². The summed E-state index contributed by atoms with van der Waals surface area (Å²) in [4.78, 5) is 2.38. The second-order valence-electron chi connectivity index (χ2n) is 8.90. The van der Waals surface area contributed by atoms with Gasteiger partial charge in [0.15, 0.2) is 0 Å². The van der Waals surface area contributed by atoms with Crippen LogP contribution in [0.15, 0.2) is 91.0 Å². The molecule has 0 fully saturated rings. The van der Waals surface area contributed by atoms with Crippen LogP contribution in [-0.2, 0) is 19.4 Å². The van der Waals surface area contributed by atoms with Crippen molar-refractivity contribution in [2.75, 3.05) is 11.4 Å². The fraction of sp³-hybridized carbons (Fsp3) is 0.200. The first-order valence-electron chi connectivity index (χ1n) is 11.7. The Morgan fingerprint density at radius 1 is 0.912 bits per heavy atom. The molecule has 4 heteroatoms. The first-order valence-corrected chi connectivity index (χ1v) is 11.7. The van der Waals surface area contributed by atoms with Crippen LogP contribution in [0, 0.1) is 12.7 Å². The Hall–Kier alpha value is -3.79. The molecule has 1 aliphatic heterocycles. The van der Waals surface area contributed by atoms with Crippen LogP contribution in [0.1, 0.15) is 33.9 Å². The van der Waals surface area contributed by atoms with E-state index in [0.29, 0.717) is 6.61 Å². The number of phenolic OH excluding ortho intramolecular Hbond substituents is 1. The van der Waals surface area contributed by atoms with E-state index >= 15 is 0 Å². The van der Waals surface area contributed by atoms with E-state index in [1.165, 1.54) is 17.2 Å². The van der Waals surface area contributed by atoms with Crippen molar-refractivity contribution in [3.8, 4) is 11.5 Å². The van der Waals surface area contributed by atoms with Gasteiger partial charge < -0.3 is 14.7 Å². The Bertz CT molecular complexity index is 1270. The van der Waals surface area contributed by atoms with Crippen molar-refractivity contribution in [3.05, 3.63) is 125 Å². The zero-order valence-electron chi connectivity index (χ0n) is 19.2. The van der Waals surface area contributed by atoms with Gasteiger partial charge in [0.05, 0.1) is 6.04 Å². The van der Waals surface area contributed by atoms with E-state index < -0.39 is 0 Å². The summed E-state index contributed by atoms with van der Waals surface area (Å²) in [6.45, 7) is 3.34. The van der Waals surface area contributed by atoms with E-state index in [9.17, 15) is 9.50 Å². The standard InChI is InChI=1S/C30H28FNO2/c1-21-17-25(31)9-14-29(21)32-16-15-24-19-27(34-20-23-5-3-2-4-6-23)12-13-28(24)30(32)18-22-7-10-26(33)11-8-22/h2-14,17,19,30,33H,15-16,18,20H2,1H3. The maximum absolute atomic E-state index is 13.8. The van der Waals surface area contributed by atoms with E-state index in [4.69, 9.17) is 4.74 Å². The Morgan fingerprint density at radius 3 is 2.47 bits per heavy atom. The van der Waals surface area contributed by atoms with Crippen LogP contribution < -0.4 is 9.64 Å². The molecule has 34 heavy (non-hydrogen) atoms. The van der Waals surface area contributed by atoms with Crippen molar-refractivity contribution in [1.82, 2.24) is 0 Å². The van der Waals surface area contributed by atoms with Gasteiger partial charge in [0.25, 0.3) is 0 Å². The molecular formula is C30H28FNO2. The number of ether oxygens (including phenoxy) is 1. The Kier molecular flexibility index (Phi) is 6.22. The molecule has 0 spiro atoms. The first-order chi connectivity index (χ1) is 16.6. The highest BCUT2D eigenvalue weighted by atomic mass is 19.1. The van der Waals surface area contributed by atoms with Crippen molar-refractivity contribution >= 4 is 5.69 Å². The van der Waals surface area contributed by atoms with E-state index in [-0.39, 0.29) is 17.6 Å². The largest absolute Gasteiger partial charge is 0.508 e. The maximum Gasteiger partial charge on any atom is 0.123 e. The Labute approximate surface area is 200 Å². The topological polar surface area (TPSA) is 32.7 Å². The number of rotatable bonds is 6. The molecule has 0 amide bonds. The fourth-order valence-electron chi connectivity index (χ4n) is 4.82. The third-order valence-electron chi connectivity index (χ3n) is 6.55. The summed E-state index contributed by atoms with van der Waals surface area (Å²) in [5.41, 5.74) is 6.82. The number of fused-ring (bicyclic) bond motifs is 1. The van der Waals surface area contributed by atoms with Gasteiger partial charge in [-0.1, -0.05) is 48.5 Å². The number of halogens is 1. The lowest BCUT2D eigenvalue weighted by Crippen LogP contribution is -2.37. The minimum atomic E-state index is -0.214. The lowest BCUT2D eigenvalue weighted by Gasteiger charge is -2.40. The number of phenols is 1. The quantitative estimate of drug-likeness (QED) is 0.350. The Balaban J connectivity index is 1.46. The van der Waals surface area contributed by atoms with Crippen LogP contribution in [-0.4, -0.2) is 11.7 Å². The van der Waals surface area contributed by atoms with Gasteiger partial charge in [0, 0.05) is 12.2 Å². The molecule has 172 valence electrons. The fourth-order valence-corrected chi connectivity index (χ4v) is 4.82. The third-order valence-corrected chi connectivity index (χ3v) is 6.55. The SMILES string of the molecule is Cc1cc(F)ccc1N1CCc2cc(OCc3ccccc3)ccc2C1Cc1ccc(O)cc1. The van der Waals surface area contributed by atoms with Gasteiger partial charge in [-0.3, -0.25) is 0 Å². The highest BCUT2D eigenvalue weighted by Gasteiger charge is 2.29. The smallest absolute Gasteiger partial charge is 0.123 e. The van der Waals surface area contributed by atoms with Crippen molar-refractivity contribution in [3.63, 3.8) is 0 Å². The molecule has 4 aromatic rings. The normalized spacial score (nSPS) is 15.1. The van der Waals surface area contributed by atoms with E-state index in [1.54, 1.807) is 18.2 Å². The predicted octanol–water partition coefficient (Wildman–Crippen LogP) is 6.77. The lowest BCUT2D eigenvalue weighted by molar-refractivity contribution is 0.305. The summed E-state index contributed by atoms with van der Waals surface area (Å²) in [5.74, 6) is 0.922. The average molecular weight is 454 g/mol. The van der Waals surface area contributed by atoms with Crippen molar-refractivity contribution in [2.24, 2.45) is 0 Å². The maximum atomic E-state index is 13.8. The van der Waals surface area contributed by atoms with Crippen molar-refractivity contribution in [1.29, 1.82) is 0 Å². The van der Waals surface area contributed by atoms with Crippen LogP contribution >= 0.6 is 0 Å². The number of aromatic hydroxyl groups is 1. The average Bonchev–Trinajstić information content (AvgIpc) is 2.85. The molecule has 5 rings (SSSR count). The van der Waals surface area contributed by atoms with Gasteiger partial charge in [0.1, 0.15) is 23.9 Å². The number of hydrogen-bond acceptors (Lipinski definition) is 3. The van der Waals surface area contributed by atoms with E-state index in [1.807, 2.05) is 49.4 Å². The molecule has 0 saturated carbocycles. The molecule has 0 aliphatic carbocycles. The number of hydrogen-bond donors (Lipinski definition) is 1. The molecule has 3 nitrogen and oxygen atoms in total. The minimum Gasteiger partial charge on any atom is -0.508 e. The summed E-state index contributed by atoms with van der Waals surface area (Å²) >= 11 is 0. The molecule has 1 N–H and O–H groups in total. The van der Waals surface area contributed by atoms with Crippen LogP contribution in [0.2, 0.25) is 0 Å². The minimum absolute atomic E-state index is 0.0978. The summed E-state index contributed by atoms with van der Waals surface area (Å²) in [6, 6.07) is 29.1. The number of anilines is 1. The van der Waals surface area contributed by atoms with Gasteiger partial charge in [-0.05, 0) is 90.0 Å². The molecule has 0 radical (unpaired) electrons. The molecule has 0 aromatic heterocycles. The van der Waals surface area contributed by atoms with E-state index in [0.717, 1.165) is 47.5 Å². The van der Waals surface area contributed by atoms with Crippen molar-refractivity contribution in [2.45, 2.75) is 32.4 Å². The zero-order chi connectivity index (χ0) is 23.5. The summed E-state index contributed by atoms with van der Waals surface area (Å²) in [6.07, 6.45) is 1.68. The van der Waals surface area contributed by atoms with Gasteiger partial charge >= 0.3 is 0 Å². The molecule has 1 aliphatic rings. The van der Waals surface area contributed by atoms with Crippen LogP contribution in [0.5, 0.6) is 11.5 Å². The Morgan fingerprint density at radius 2 is 1.71 bits per heavy atom. The molecule has 1 heterocycles. The number of aryl methyl sites for hydroxylation is 1. The highest BCUT2D eigenvalue weighted by molar-refractivity contribution is 5.58. The van der Waals surface area contributed by atoms with Gasteiger partial charge in [-0.2, -0.15) is 0 Å². The predicted molar refractivity (Wildman–Crippen MR) is 134 cm³/mol. The van der Waals surface area contributed by atoms with E-state index in [2.05, 4.69) is 29.2 Å². The summed E-state index contributed by atoms with van der Waals surface area (Å²) in [5, 5.41) is 9.72. The molecule has 1 atom stereocenters. The summed E-state index contributed by atoms with van der Waals surface area (Å²) < 4.78 is 19.9. The molecule has 0 bridgehead atoms. The first kappa shape index (κ1) is 22.0. The summed E-state index contributed by atoms with van der Waals surface area (Å²) in [7, 11) is 0. The van der Waals surface area contributed by atoms with Gasteiger partial charge in [-0.15, -0.1) is 0 Å². The second-order valence-corrected chi connectivity index (χ2v) is 8.90. The highest BCUT2D eigenvalue weighted by Crippen LogP contribution is 2.39. The second kappa shape index (κ2) is 9.60.